The van der Waals surface area contributed by atoms with E-state index >= 15 is 0 Å². The number of hydrogen-bond donors (Lipinski definition) is 0. The first-order valence-electron chi connectivity index (χ1n) is 6.65. The maximum Gasteiger partial charge on any atom is 0.104 e. The maximum absolute atomic E-state index is 4.55. The highest BCUT2D eigenvalue weighted by atomic mass is 15.2. The van der Waals surface area contributed by atoms with Crippen LogP contribution < -0.4 is 0 Å². The number of amidine groups is 1. The van der Waals surface area contributed by atoms with Gasteiger partial charge in [-0.25, -0.2) is 4.99 Å². The Morgan fingerprint density at radius 3 is 2.12 bits per heavy atom. The van der Waals surface area contributed by atoms with E-state index < -0.39 is 0 Å². The second-order valence-corrected chi connectivity index (χ2v) is 4.12. The molecule has 1 saturated carbocycles. The predicted octanol–water partition coefficient (Wildman–Crippen LogP) is 4.23. The summed E-state index contributed by atoms with van der Waals surface area (Å²) in [5.41, 5.74) is 1.27. The molecule has 0 spiro atoms. The number of hydrogen-bond acceptors (Lipinski definition) is 1. The molecule has 0 heterocycles. The Balaban J connectivity index is 0.00000106. The van der Waals surface area contributed by atoms with Crippen LogP contribution in [0.3, 0.4) is 0 Å². The lowest BCUT2D eigenvalue weighted by molar-refractivity contribution is 0.423. The van der Waals surface area contributed by atoms with E-state index in [9.17, 15) is 0 Å². The zero-order valence-corrected chi connectivity index (χ0v) is 11.9. The number of rotatable bonds is 4. The Morgan fingerprint density at radius 2 is 1.81 bits per heavy atom. The zero-order valence-electron chi connectivity index (χ0n) is 11.9. The molecule has 0 saturated heterocycles. The van der Waals surface area contributed by atoms with E-state index in [-0.39, 0.29) is 0 Å². The van der Waals surface area contributed by atoms with Crippen molar-refractivity contribution in [2.24, 2.45) is 4.99 Å². The largest absolute Gasteiger partial charge is 0.357 e. The Kier molecular flexibility index (Phi) is 7.96. The first kappa shape index (κ1) is 15.2. The monoisotopic (exact) mass is 224 g/mol. The summed E-state index contributed by atoms with van der Waals surface area (Å²) < 4.78 is 0. The van der Waals surface area contributed by atoms with E-state index in [0.717, 1.165) is 19.0 Å². The van der Waals surface area contributed by atoms with Gasteiger partial charge >= 0.3 is 0 Å². The van der Waals surface area contributed by atoms with Gasteiger partial charge in [-0.05, 0) is 33.6 Å². The van der Waals surface area contributed by atoms with Gasteiger partial charge in [-0.15, -0.1) is 0 Å². The third kappa shape index (κ3) is 5.34. The summed E-state index contributed by atoms with van der Waals surface area (Å²) in [6.45, 7) is 13.7. The fourth-order valence-corrected chi connectivity index (χ4v) is 1.61. The average Bonchev–Trinajstić information content (AvgIpc) is 3.10. The summed E-state index contributed by atoms with van der Waals surface area (Å²) in [5.74, 6) is 1.25. The molecule has 0 aliphatic heterocycles. The smallest absolute Gasteiger partial charge is 0.104 e. The molecule has 0 radical (unpaired) electrons. The molecule has 0 N–H and O–H groups in total. The molecule has 1 aliphatic rings. The Labute approximate surface area is 101 Å². The molecule has 0 atom stereocenters. The molecule has 1 rings (SSSR count). The zero-order chi connectivity index (χ0) is 12.6. The molecule has 0 aromatic heterocycles. The van der Waals surface area contributed by atoms with Crippen molar-refractivity contribution in [1.82, 2.24) is 4.90 Å². The SMILES string of the molecule is CC.CCC(=NC=C(C)C)N(CC)C1CC1. The molecule has 94 valence electrons. The minimum absolute atomic E-state index is 0.782. The Hall–Kier alpha value is -0.790. The van der Waals surface area contributed by atoms with E-state index in [1.165, 1.54) is 24.3 Å². The molecule has 2 heteroatoms. The normalized spacial score (nSPS) is 15.0. The van der Waals surface area contributed by atoms with Gasteiger partial charge in [0, 0.05) is 25.2 Å². The highest BCUT2D eigenvalue weighted by Crippen LogP contribution is 2.27. The van der Waals surface area contributed by atoms with Crippen LogP contribution in [0.1, 0.15) is 60.8 Å². The number of aliphatic imine (C=N–C) groups is 1. The van der Waals surface area contributed by atoms with Crippen LogP contribution in [0, 0.1) is 0 Å². The van der Waals surface area contributed by atoms with Crippen molar-refractivity contribution in [1.29, 1.82) is 0 Å². The molecule has 0 amide bonds. The third-order valence-corrected chi connectivity index (χ3v) is 2.45. The summed E-state index contributed by atoms with van der Waals surface area (Å²) in [6, 6.07) is 0.782. The van der Waals surface area contributed by atoms with Crippen molar-refractivity contribution in [3.05, 3.63) is 11.8 Å². The first-order valence-corrected chi connectivity index (χ1v) is 6.65. The molecule has 1 fully saturated rings. The van der Waals surface area contributed by atoms with Crippen molar-refractivity contribution < 1.29 is 0 Å². The highest BCUT2D eigenvalue weighted by Gasteiger charge is 2.29. The van der Waals surface area contributed by atoms with Crippen LogP contribution in [0.25, 0.3) is 0 Å². The van der Waals surface area contributed by atoms with Gasteiger partial charge in [0.1, 0.15) is 5.84 Å². The highest BCUT2D eigenvalue weighted by molar-refractivity contribution is 5.83. The van der Waals surface area contributed by atoms with Gasteiger partial charge in [0.25, 0.3) is 0 Å². The standard InChI is InChI=1S/C12H22N2.C2H6/c1-5-12(13-9-10(3)4)14(6-2)11-7-8-11;1-2/h9,11H,5-8H2,1-4H3;1-2H3. The fraction of sp³-hybridized carbons (Fsp3) is 0.786. The van der Waals surface area contributed by atoms with Crippen molar-refractivity contribution in [2.45, 2.75) is 66.8 Å². The minimum Gasteiger partial charge on any atom is -0.357 e. The molecular formula is C14H28N2. The predicted molar refractivity (Wildman–Crippen MR) is 73.9 cm³/mol. The van der Waals surface area contributed by atoms with E-state index in [1.54, 1.807) is 0 Å². The van der Waals surface area contributed by atoms with Crippen LogP contribution in [0.15, 0.2) is 16.8 Å². The molecular weight excluding hydrogens is 196 g/mol. The van der Waals surface area contributed by atoms with E-state index in [1.807, 2.05) is 20.0 Å². The second-order valence-electron chi connectivity index (χ2n) is 4.12. The van der Waals surface area contributed by atoms with E-state index in [4.69, 9.17) is 0 Å². The summed E-state index contributed by atoms with van der Waals surface area (Å²) in [6.07, 6.45) is 5.71. The second kappa shape index (κ2) is 8.37. The van der Waals surface area contributed by atoms with Crippen LogP contribution in [-0.2, 0) is 0 Å². The van der Waals surface area contributed by atoms with Crippen molar-refractivity contribution in [3.63, 3.8) is 0 Å². The van der Waals surface area contributed by atoms with Crippen LogP contribution in [0.4, 0.5) is 0 Å². The van der Waals surface area contributed by atoms with Crippen LogP contribution in [-0.4, -0.2) is 23.3 Å². The quantitative estimate of drug-likeness (QED) is 0.515. The summed E-state index contributed by atoms with van der Waals surface area (Å²) in [5, 5.41) is 0. The van der Waals surface area contributed by atoms with E-state index in [0.29, 0.717) is 0 Å². The Morgan fingerprint density at radius 1 is 1.25 bits per heavy atom. The molecule has 16 heavy (non-hydrogen) atoms. The van der Waals surface area contributed by atoms with Gasteiger partial charge in [0.2, 0.25) is 0 Å². The van der Waals surface area contributed by atoms with Gasteiger partial charge in [-0.3, -0.25) is 0 Å². The van der Waals surface area contributed by atoms with Crippen molar-refractivity contribution in [3.8, 4) is 0 Å². The van der Waals surface area contributed by atoms with Crippen LogP contribution >= 0.6 is 0 Å². The van der Waals surface area contributed by atoms with Gasteiger partial charge in [0.05, 0.1) is 0 Å². The first-order chi connectivity index (χ1) is 7.69. The molecule has 1 aliphatic carbocycles. The van der Waals surface area contributed by atoms with Crippen LogP contribution in [0.5, 0.6) is 0 Å². The minimum atomic E-state index is 0.782. The van der Waals surface area contributed by atoms with E-state index in [2.05, 4.69) is 37.6 Å². The lowest BCUT2D eigenvalue weighted by Gasteiger charge is -2.23. The van der Waals surface area contributed by atoms with Crippen molar-refractivity contribution in [2.75, 3.05) is 6.54 Å². The van der Waals surface area contributed by atoms with Gasteiger partial charge in [-0.2, -0.15) is 0 Å². The maximum atomic E-state index is 4.55. The molecule has 0 unspecified atom stereocenters. The molecule has 2 nitrogen and oxygen atoms in total. The number of allylic oxidation sites excluding steroid dienone is 1. The van der Waals surface area contributed by atoms with Gasteiger partial charge < -0.3 is 4.90 Å². The molecule has 0 aromatic rings. The summed E-state index contributed by atoms with van der Waals surface area (Å²) >= 11 is 0. The number of nitrogens with zero attached hydrogens (tertiary/aromatic N) is 2. The topological polar surface area (TPSA) is 15.6 Å². The molecule has 0 aromatic carbocycles. The summed E-state index contributed by atoms with van der Waals surface area (Å²) in [7, 11) is 0. The summed E-state index contributed by atoms with van der Waals surface area (Å²) in [4.78, 5) is 7.00. The average molecular weight is 224 g/mol. The van der Waals surface area contributed by atoms with Crippen LogP contribution in [0.2, 0.25) is 0 Å². The lowest BCUT2D eigenvalue weighted by atomic mass is 10.3. The fourth-order valence-electron chi connectivity index (χ4n) is 1.61. The van der Waals surface area contributed by atoms with Gasteiger partial charge in [-0.1, -0.05) is 26.3 Å². The van der Waals surface area contributed by atoms with Crippen molar-refractivity contribution >= 4 is 5.84 Å². The molecule has 0 bridgehead atoms. The Bertz CT molecular complexity index is 233. The lowest BCUT2D eigenvalue weighted by Crippen LogP contribution is -2.32. The third-order valence-electron chi connectivity index (χ3n) is 2.45. The van der Waals surface area contributed by atoms with Gasteiger partial charge in [0.15, 0.2) is 0 Å².